The second-order valence-electron chi connectivity index (χ2n) is 7.37. The first kappa shape index (κ1) is 23.0. The highest BCUT2D eigenvalue weighted by atomic mass is 35.5. The number of fused-ring (bicyclic) bond motifs is 1. The van der Waals surface area contributed by atoms with E-state index in [9.17, 15) is 22.4 Å². The Bertz CT molecular complexity index is 1540. The van der Waals surface area contributed by atoms with Gasteiger partial charge in [0, 0.05) is 17.8 Å². The van der Waals surface area contributed by atoms with Crippen LogP contribution in [0.5, 0.6) is 0 Å². The fourth-order valence-corrected chi connectivity index (χ4v) is 4.26. The number of hydrogen-bond donors (Lipinski definition) is 1. The molecule has 0 saturated carbocycles. The lowest BCUT2D eigenvalue weighted by atomic mass is 10.2. The van der Waals surface area contributed by atoms with Gasteiger partial charge in [0.05, 0.1) is 17.1 Å². The molecule has 1 amide bonds. The molecule has 0 aliphatic carbocycles. The molecule has 0 saturated heterocycles. The Hall–Kier alpha value is -3.77. The second-order valence-corrected chi connectivity index (χ2v) is 8.72. The van der Waals surface area contributed by atoms with E-state index in [1.165, 1.54) is 28.3 Å². The first-order valence-electron chi connectivity index (χ1n) is 9.98. The molecule has 178 valence electrons. The van der Waals surface area contributed by atoms with Crippen molar-refractivity contribution in [2.24, 2.45) is 0 Å². The van der Waals surface area contributed by atoms with Crippen molar-refractivity contribution in [1.82, 2.24) is 24.4 Å². The molecule has 5 aromatic rings. The number of carbonyl (C=O) groups is 1. The number of anilines is 1. The molecule has 4 aromatic heterocycles. The highest BCUT2D eigenvalue weighted by molar-refractivity contribution is 7.13. The Morgan fingerprint density at radius 2 is 1.91 bits per heavy atom. The zero-order valence-corrected chi connectivity index (χ0v) is 19.0. The van der Waals surface area contributed by atoms with Gasteiger partial charge in [0.25, 0.3) is 5.91 Å². The van der Waals surface area contributed by atoms with Crippen molar-refractivity contribution in [1.29, 1.82) is 0 Å². The maximum absolute atomic E-state index is 13.9. The number of hydrogen-bond acceptors (Lipinski definition) is 5. The normalized spacial score (nSPS) is 11.8. The molecule has 0 spiro atoms. The molecule has 13 heteroatoms. The average molecular weight is 521 g/mol. The molecule has 0 radical (unpaired) electrons. The maximum atomic E-state index is 13.9. The van der Waals surface area contributed by atoms with Gasteiger partial charge in [-0.1, -0.05) is 35.9 Å². The van der Waals surface area contributed by atoms with Crippen LogP contribution in [-0.2, 0) is 12.7 Å². The third kappa shape index (κ3) is 4.62. The molecule has 7 nitrogen and oxygen atoms in total. The van der Waals surface area contributed by atoms with E-state index in [-0.39, 0.29) is 34.4 Å². The Morgan fingerprint density at radius 1 is 1.11 bits per heavy atom. The van der Waals surface area contributed by atoms with Crippen LogP contribution in [-0.4, -0.2) is 30.3 Å². The summed E-state index contributed by atoms with van der Waals surface area (Å²) in [4.78, 5) is 17.5. The number of thiophene rings is 1. The molecule has 0 aliphatic rings. The number of carbonyl (C=O) groups excluding carboxylic acids is 1. The molecular formula is C22H13ClF4N6OS. The first-order valence-corrected chi connectivity index (χ1v) is 11.2. The molecule has 5 rings (SSSR count). The average Bonchev–Trinajstić information content (AvgIpc) is 3.54. The predicted molar refractivity (Wildman–Crippen MR) is 122 cm³/mol. The summed E-state index contributed by atoms with van der Waals surface area (Å²) >= 11 is 7.38. The Balaban J connectivity index is 1.45. The van der Waals surface area contributed by atoms with Crippen molar-refractivity contribution < 1.29 is 22.4 Å². The minimum Gasteiger partial charge on any atom is -0.302 e. The molecular weight excluding hydrogens is 508 g/mol. The van der Waals surface area contributed by atoms with Gasteiger partial charge >= 0.3 is 6.18 Å². The van der Waals surface area contributed by atoms with E-state index >= 15 is 0 Å². The van der Waals surface area contributed by atoms with E-state index in [4.69, 9.17) is 11.6 Å². The fourth-order valence-electron chi connectivity index (χ4n) is 3.37. The van der Waals surface area contributed by atoms with Gasteiger partial charge in [0.2, 0.25) is 0 Å². The van der Waals surface area contributed by atoms with E-state index < -0.39 is 23.6 Å². The van der Waals surface area contributed by atoms with Crippen molar-refractivity contribution >= 4 is 40.3 Å². The van der Waals surface area contributed by atoms with Crippen molar-refractivity contribution in [3.8, 4) is 10.6 Å². The third-order valence-electron chi connectivity index (χ3n) is 4.96. The van der Waals surface area contributed by atoms with Crippen molar-refractivity contribution in [3.05, 3.63) is 87.9 Å². The Labute approximate surface area is 203 Å². The number of nitrogens with zero attached hydrogens (tertiary/aromatic N) is 5. The summed E-state index contributed by atoms with van der Waals surface area (Å²) in [5.41, 5.74) is -1.06. The molecule has 0 aliphatic heterocycles. The molecule has 0 unspecified atom stereocenters. The van der Waals surface area contributed by atoms with Crippen LogP contribution in [0.4, 0.5) is 23.4 Å². The van der Waals surface area contributed by atoms with E-state index in [0.29, 0.717) is 15.0 Å². The molecule has 0 atom stereocenters. The minimum absolute atomic E-state index is 0.0478. The van der Waals surface area contributed by atoms with Crippen LogP contribution in [0.3, 0.4) is 0 Å². The van der Waals surface area contributed by atoms with E-state index in [1.54, 1.807) is 35.7 Å². The molecule has 4 heterocycles. The number of nitrogens with one attached hydrogen (secondary N) is 1. The number of rotatable bonds is 5. The highest BCUT2D eigenvalue weighted by Gasteiger charge is 2.36. The standard InChI is InChI=1S/C22H13ClF4N6OS/c23-13-11-32(10-12-4-1-2-5-14(12)24)31-20(13)29-21(34)16-9-19-28-15(17-6-3-7-35-17)8-18(22(25,26)27)33(19)30-16/h1-9,11H,10H2,(H,29,31,34). The van der Waals surface area contributed by atoms with Crippen LogP contribution in [0.25, 0.3) is 16.2 Å². The quantitative estimate of drug-likeness (QED) is 0.299. The van der Waals surface area contributed by atoms with Crippen LogP contribution >= 0.6 is 22.9 Å². The number of halogens is 5. The van der Waals surface area contributed by atoms with Gasteiger partial charge in [-0.15, -0.1) is 11.3 Å². The third-order valence-corrected chi connectivity index (χ3v) is 6.13. The summed E-state index contributed by atoms with van der Waals surface area (Å²) in [7, 11) is 0. The van der Waals surface area contributed by atoms with Gasteiger partial charge in [0.1, 0.15) is 10.8 Å². The summed E-state index contributed by atoms with van der Waals surface area (Å²) in [5.74, 6) is -1.31. The van der Waals surface area contributed by atoms with Crippen molar-refractivity contribution in [2.45, 2.75) is 12.7 Å². The maximum Gasteiger partial charge on any atom is 0.433 e. The summed E-state index contributed by atoms with van der Waals surface area (Å²) in [6, 6.07) is 11.5. The van der Waals surface area contributed by atoms with Crippen LogP contribution in [0, 0.1) is 5.82 Å². The number of aromatic nitrogens is 5. The van der Waals surface area contributed by atoms with Crippen LogP contribution < -0.4 is 5.32 Å². The van der Waals surface area contributed by atoms with Gasteiger partial charge in [-0.25, -0.2) is 13.9 Å². The van der Waals surface area contributed by atoms with Gasteiger partial charge in [0.15, 0.2) is 22.9 Å². The second kappa shape index (κ2) is 8.78. The zero-order chi connectivity index (χ0) is 24.7. The summed E-state index contributed by atoms with van der Waals surface area (Å²) in [6.07, 6.45) is -3.34. The van der Waals surface area contributed by atoms with Gasteiger partial charge in [-0.05, 0) is 23.6 Å². The van der Waals surface area contributed by atoms with Crippen LogP contribution in [0.1, 0.15) is 21.7 Å². The van der Waals surface area contributed by atoms with Crippen LogP contribution in [0.2, 0.25) is 5.02 Å². The van der Waals surface area contributed by atoms with Gasteiger partial charge in [-0.2, -0.15) is 23.4 Å². The molecule has 1 aromatic carbocycles. The Morgan fingerprint density at radius 3 is 2.63 bits per heavy atom. The SMILES string of the molecule is O=C(Nc1nn(Cc2ccccc2F)cc1Cl)c1cc2nc(-c3cccs3)cc(C(F)(F)F)n2n1. The zero-order valence-electron chi connectivity index (χ0n) is 17.4. The minimum atomic E-state index is -4.73. The van der Waals surface area contributed by atoms with Gasteiger partial charge in [-0.3, -0.25) is 9.48 Å². The molecule has 0 fully saturated rings. The number of alkyl halides is 3. The van der Waals surface area contributed by atoms with E-state index in [0.717, 1.165) is 12.1 Å². The number of benzene rings is 1. The fraction of sp³-hybridized carbons (Fsp3) is 0.0909. The molecule has 1 N–H and O–H groups in total. The lowest BCUT2D eigenvalue weighted by Gasteiger charge is -2.10. The first-order chi connectivity index (χ1) is 16.7. The van der Waals surface area contributed by atoms with E-state index in [1.807, 2.05) is 0 Å². The van der Waals surface area contributed by atoms with Crippen molar-refractivity contribution in [2.75, 3.05) is 5.32 Å². The smallest absolute Gasteiger partial charge is 0.302 e. The van der Waals surface area contributed by atoms with Crippen molar-refractivity contribution in [3.63, 3.8) is 0 Å². The lowest BCUT2D eigenvalue weighted by Crippen LogP contribution is -2.16. The highest BCUT2D eigenvalue weighted by Crippen LogP contribution is 2.33. The summed E-state index contributed by atoms with van der Waals surface area (Å²) in [6.45, 7) is 0.0565. The van der Waals surface area contributed by atoms with Crippen LogP contribution in [0.15, 0.2) is 60.1 Å². The largest absolute Gasteiger partial charge is 0.433 e. The van der Waals surface area contributed by atoms with Gasteiger partial charge < -0.3 is 5.32 Å². The molecule has 35 heavy (non-hydrogen) atoms. The Kier molecular flexibility index (Phi) is 5.77. The summed E-state index contributed by atoms with van der Waals surface area (Å²) in [5, 5.41) is 12.2. The van der Waals surface area contributed by atoms with E-state index in [2.05, 4.69) is 20.5 Å². The number of amides is 1. The predicted octanol–water partition coefficient (Wildman–Crippen LogP) is 5.77. The summed E-state index contributed by atoms with van der Waals surface area (Å²) < 4.78 is 57.0. The topological polar surface area (TPSA) is 77.1 Å². The monoisotopic (exact) mass is 520 g/mol. The lowest BCUT2D eigenvalue weighted by molar-refractivity contribution is -0.142. The molecule has 0 bridgehead atoms.